The van der Waals surface area contributed by atoms with Crippen molar-refractivity contribution in [1.29, 1.82) is 0 Å². The van der Waals surface area contributed by atoms with Gasteiger partial charge in [0.2, 0.25) is 0 Å². The van der Waals surface area contributed by atoms with E-state index in [1.54, 1.807) is 12.1 Å². The predicted octanol–water partition coefficient (Wildman–Crippen LogP) is 2.97. The lowest BCUT2D eigenvalue weighted by Crippen LogP contribution is -2.07. The van der Waals surface area contributed by atoms with Crippen LogP contribution in [0.3, 0.4) is 0 Å². The summed E-state index contributed by atoms with van der Waals surface area (Å²) < 4.78 is 28.6. The van der Waals surface area contributed by atoms with Gasteiger partial charge in [0.25, 0.3) is 0 Å². The molecule has 1 aromatic heterocycles. The monoisotopic (exact) mass is 315 g/mol. The van der Waals surface area contributed by atoms with Crippen LogP contribution in [0.25, 0.3) is 11.3 Å². The van der Waals surface area contributed by atoms with Crippen molar-refractivity contribution in [1.82, 2.24) is 15.0 Å². The van der Waals surface area contributed by atoms with Gasteiger partial charge in [0.1, 0.15) is 17.3 Å². The molecule has 0 saturated heterocycles. The van der Waals surface area contributed by atoms with Gasteiger partial charge in [-0.2, -0.15) is 0 Å². The first-order chi connectivity index (χ1) is 11.1. The van der Waals surface area contributed by atoms with Gasteiger partial charge in [0.05, 0.1) is 6.54 Å². The quantitative estimate of drug-likeness (QED) is 0.803. The highest BCUT2D eigenvalue weighted by Gasteiger charge is 2.22. The van der Waals surface area contributed by atoms with Crippen LogP contribution in [0.2, 0.25) is 0 Å². The van der Waals surface area contributed by atoms with Crippen molar-refractivity contribution < 1.29 is 18.7 Å². The molecule has 0 saturated carbocycles. The van der Waals surface area contributed by atoms with Crippen LogP contribution >= 0.6 is 0 Å². The standard InChI is InChI=1S/C16H11F2N3O2/c17-11-5-3-4-10(8-11)9-21-15(14(16(22)23)19-20-21)12-6-1-2-7-13(12)18/h1-8H,9H2,(H,22,23). The van der Waals surface area contributed by atoms with Crippen molar-refractivity contribution in [2.45, 2.75) is 6.54 Å². The first kappa shape index (κ1) is 14.8. The van der Waals surface area contributed by atoms with Gasteiger partial charge < -0.3 is 5.11 Å². The average molecular weight is 315 g/mol. The van der Waals surface area contributed by atoms with E-state index < -0.39 is 17.6 Å². The molecule has 1 heterocycles. The number of halogens is 2. The number of nitrogens with zero attached hydrogens (tertiary/aromatic N) is 3. The molecule has 0 fully saturated rings. The van der Waals surface area contributed by atoms with Gasteiger partial charge in [-0.05, 0) is 29.8 Å². The molecule has 116 valence electrons. The van der Waals surface area contributed by atoms with Gasteiger partial charge in [-0.1, -0.05) is 29.5 Å². The SMILES string of the molecule is O=C(O)c1nnn(Cc2cccc(F)c2)c1-c1ccccc1F. The summed E-state index contributed by atoms with van der Waals surface area (Å²) in [6.07, 6.45) is 0. The van der Waals surface area contributed by atoms with Crippen LogP contribution in [0.5, 0.6) is 0 Å². The normalized spacial score (nSPS) is 10.7. The van der Waals surface area contributed by atoms with Crippen molar-refractivity contribution in [2.24, 2.45) is 0 Å². The molecule has 0 aliphatic carbocycles. The molecule has 0 amide bonds. The zero-order valence-electron chi connectivity index (χ0n) is 11.8. The van der Waals surface area contributed by atoms with Crippen LogP contribution < -0.4 is 0 Å². The molecule has 0 aliphatic rings. The number of carboxylic acid groups (broad SMARTS) is 1. The Kier molecular flexibility index (Phi) is 3.84. The average Bonchev–Trinajstić information content (AvgIpc) is 2.91. The van der Waals surface area contributed by atoms with E-state index in [1.165, 1.54) is 41.1 Å². The van der Waals surface area contributed by atoms with Gasteiger partial charge >= 0.3 is 5.97 Å². The number of rotatable bonds is 4. The Morgan fingerprint density at radius 2 is 1.91 bits per heavy atom. The summed E-state index contributed by atoms with van der Waals surface area (Å²) in [6.45, 7) is 0.0711. The lowest BCUT2D eigenvalue weighted by molar-refractivity contribution is 0.0691. The van der Waals surface area contributed by atoms with Crippen molar-refractivity contribution >= 4 is 5.97 Å². The maximum atomic E-state index is 14.1. The Morgan fingerprint density at radius 3 is 2.61 bits per heavy atom. The molecule has 3 rings (SSSR count). The lowest BCUT2D eigenvalue weighted by Gasteiger charge is -2.08. The molecule has 0 aliphatic heterocycles. The zero-order valence-corrected chi connectivity index (χ0v) is 11.8. The van der Waals surface area contributed by atoms with Crippen molar-refractivity contribution in [3.8, 4) is 11.3 Å². The van der Waals surface area contributed by atoms with E-state index in [0.29, 0.717) is 5.56 Å². The van der Waals surface area contributed by atoms with Crippen LogP contribution in [0.4, 0.5) is 8.78 Å². The number of benzene rings is 2. The predicted molar refractivity (Wildman–Crippen MR) is 77.9 cm³/mol. The van der Waals surface area contributed by atoms with Crippen LogP contribution in [0, 0.1) is 11.6 Å². The van der Waals surface area contributed by atoms with Gasteiger partial charge in [-0.3, -0.25) is 0 Å². The van der Waals surface area contributed by atoms with E-state index in [2.05, 4.69) is 10.3 Å². The Morgan fingerprint density at radius 1 is 1.13 bits per heavy atom. The fourth-order valence-electron chi connectivity index (χ4n) is 2.30. The zero-order chi connectivity index (χ0) is 16.4. The van der Waals surface area contributed by atoms with Gasteiger partial charge in [-0.25, -0.2) is 18.3 Å². The maximum Gasteiger partial charge on any atom is 0.358 e. The largest absolute Gasteiger partial charge is 0.476 e. The summed E-state index contributed by atoms with van der Waals surface area (Å²) in [6, 6.07) is 11.5. The summed E-state index contributed by atoms with van der Waals surface area (Å²) in [4.78, 5) is 11.3. The first-order valence-electron chi connectivity index (χ1n) is 6.72. The summed E-state index contributed by atoms with van der Waals surface area (Å²) in [5.74, 6) is -2.32. The van der Waals surface area contributed by atoms with Crippen LogP contribution in [0.1, 0.15) is 16.1 Å². The van der Waals surface area contributed by atoms with Crippen LogP contribution in [0.15, 0.2) is 48.5 Å². The molecular formula is C16H11F2N3O2. The molecule has 1 N–H and O–H groups in total. The molecule has 2 aromatic carbocycles. The third-order valence-electron chi connectivity index (χ3n) is 3.29. The first-order valence-corrected chi connectivity index (χ1v) is 6.72. The number of carboxylic acids is 1. The van der Waals surface area contributed by atoms with E-state index in [0.717, 1.165) is 0 Å². The second kappa shape index (κ2) is 5.96. The highest BCUT2D eigenvalue weighted by molar-refractivity contribution is 5.92. The molecule has 7 heteroatoms. The Labute approximate surface area is 129 Å². The summed E-state index contributed by atoms with van der Waals surface area (Å²) in [5, 5.41) is 16.6. The second-order valence-corrected chi connectivity index (χ2v) is 4.86. The number of hydrogen-bond acceptors (Lipinski definition) is 3. The molecule has 0 bridgehead atoms. The van der Waals surface area contributed by atoms with Gasteiger partial charge in [0, 0.05) is 5.56 Å². The van der Waals surface area contributed by atoms with E-state index in [4.69, 9.17) is 0 Å². The van der Waals surface area contributed by atoms with Crippen molar-refractivity contribution in [3.63, 3.8) is 0 Å². The van der Waals surface area contributed by atoms with E-state index in [1.807, 2.05) is 0 Å². The van der Waals surface area contributed by atoms with Crippen LogP contribution in [-0.4, -0.2) is 26.1 Å². The van der Waals surface area contributed by atoms with Crippen molar-refractivity contribution in [3.05, 3.63) is 71.4 Å². The Hall–Kier alpha value is -3.09. The summed E-state index contributed by atoms with van der Waals surface area (Å²) in [5.41, 5.74) is 0.321. The molecule has 0 radical (unpaired) electrons. The number of aromatic nitrogens is 3. The molecule has 0 atom stereocenters. The fraction of sp³-hybridized carbons (Fsp3) is 0.0625. The smallest absolute Gasteiger partial charge is 0.358 e. The fourth-order valence-corrected chi connectivity index (χ4v) is 2.30. The minimum absolute atomic E-state index is 0.0415. The molecular weight excluding hydrogens is 304 g/mol. The van der Waals surface area contributed by atoms with E-state index >= 15 is 0 Å². The topological polar surface area (TPSA) is 68.0 Å². The molecule has 23 heavy (non-hydrogen) atoms. The minimum atomic E-state index is -1.31. The van der Waals surface area contributed by atoms with Gasteiger partial charge in [-0.15, -0.1) is 5.10 Å². The molecule has 0 spiro atoms. The summed E-state index contributed by atoms with van der Waals surface area (Å²) >= 11 is 0. The lowest BCUT2D eigenvalue weighted by atomic mass is 10.1. The number of aromatic carboxylic acids is 1. The third kappa shape index (κ3) is 2.94. The third-order valence-corrected chi connectivity index (χ3v) is 3.29. The highest BCUT2D eigenvalue weighted by Crippen LogP contribution is 2.26. The molecule has 0 unspecified atom stereocenters. The molecule has 3 aromatic rings. The molecule has 5 nitrogen and oxygen atoms in total. The Bertz CT molecular complexity index is 877. The van der Waals surface area contributed by atoms with Gasteiger partial charge in [0.15, 0.2) is 5.69 Å². The summed E-state index contributed by atoms with van der Waals surface area (Å²) in [7, 11) is 0. The van der Waals surface area contributed by atoms with Crippen molar-refractivity contribution in [2.75, 3.05) is 0 Å². The highest BCUT2D eigenvalue weighted by atomic mass is 19.1. The number of hydrogen-bond donors (Lipinski definition) is 1. The second-order valence-electron chi connectivity index (χ2n) is 4.86. The van der Waals surface area contributed by atoms with E-state index in [-0.39, 0.29) is 23.5 Å². The van der Waals surface area contributed by atoms with E-state index in [9.17, 15) is 18.7 Å². The number of carbonyl (C=O) groups is 1. The maximum absolute atomic E-state index is 14.1. The Balaban J connectivity index is 2.11. The van der Waals surface area contributed by atoms with Crippen LogP contribution in [-0.2, 0) is 6.54 Å². The minimum Gasteiger partial charge on any atom is -0.476 e.